The van der Waals surface area contributed by atoms with Gasteiger partial charge < -0.3 is 9.84 Å². The summed E-state index contributed by atoms with van der Waals surface area (Å²) in [5, 5.41) is 9.56. The molecule has 1 atom stereocenters. The summed E-state index contributed by atoms with van der Waals surface area (Å²) in [7, 11) is -3.29. The Labute approximate surface area is 119 Å². The molecular formula is C14H21FO4S. The van der Waals surface area contributed by atoms with E-state index in [1.165, 1.54) is 19.1 Å². The summed E-state index contributed by atoms with van der Waals surface area (Å²) in [4.78, 5) is 0. The van der Waals surface area contributed by atoms with Crippen LogP contribution in [0.15, 0.2) is 18.2 Å². The van der Waals surface area contributed by atoms with E-state index in [0.29, 0.717) is 5.56 Å². The van der Waals surface area contributed by atoms with Crippen LogP contribution in [0.3, 0.4) is 0 Å². The first-order chi connectivity index (χ1) is 9.04. The van der Waals surface area contributed by atoms with Gasteiger partial charge in [-0.3, -0.25) is 0 Å². The van der Waals surface area contributed by atoms with Crippen LogP contribution in [0.25, 0.3) is 0 Å². The van der Waals surface area contributed by atoms with Crippen molar-refractivity contribution in [2.75, 3.05) is 12.4 Å². The molecule has 0 fully saturated rings. The number of aliphatic hydroxyl groups excluding tert-OH is 1. The van der Waals surface area contributed by atoms with Crippen molar-refractivity contribution in [1.29, 1.82) is 0 Å². The molecule has 0 radical (unpaired) electrons. The fourth-order valence-corrected chi connectivity index (χ4v) is 2.46. The third-order valence-electron chi connectivity index (χ3n) is 2.97. The van der Waals surface area contributed by atoms with Gasteiger partial charge in [0.1, 0.15) is 18.2 Å². The second kappa shape index (κ2) is 6.10. The lowest BCUT2D eigenvalue weighted by Crippen LogP contribution is -2.32. The first kappa shape index (κ1) is 16.9. The van der Waals surface area contributed by atoms with Gasteiger partial charge in [-0.25, -0.2) is 12.8 Å². The monoisotopic (exact) mass is 304 g/mol. The lowest BCUT2D eigenvalue weighted by molar-refractivity contribution is 0.192. The summed E-state index contributed by atoms with van der Waals surface area (Å²) < 4.78 is 41.5. The van der Waals surface area contributed by atoms with Gasteiger partial charge in [0.25, 0.3) is 0 Å². The van der Waals surface area contributed by atoms with Crippen LogP contribution in [0.2, 0.25) is 0 Å². The molecule has 0 amide bonds. The van der Waals surface area contributed by atoms with Crippen LogP contribution in [0.1, 0.15) is 39.4 Å². The van der Waals surface area contributed by atoms with E-state index < -0.39 is 26.5 Å². The van der Waals surface area contributed by atoms with Crippen LogP contribution < -0.4 is 4.74 Å². The fraction of sp³-hybridized carbons (Fsp3) is 0.571. The van der Waals surface area contributed by atoms with Crippen LogP contribution in [0.4, 0.5) is 4.39 Å². The molecule has 6 heteroatoms. The molecule has 0 aromatic heterocycles. The molecule has 0 unspecified atom stereocenters. The number of ether oxygens (including phenoxy) is 1. The van der Waals surface area contributed by atoms with Crippen LogP contribution in [-0.2, 0) is 9.84 Å². The average Bonchev–Trinajstić information content (AvgIpc) is 2.26. The molecule has 0 saturated carbocycles. The Kier molecular flexibility index (Phi) is 5.15. The second-order valence-electron chi connectivity index (χ2n) is 5.64. The number of benzene rings is 1. The summed E-state index contributed by atoms with van der Waals surface area (Å²) in [6, 6.07) is 3.79. The summed E-state index contributed by atoms with van der Waals surface area (Å²) in [6.07, 6.45) is -0.815. The summed E-state index contributed by atoms with van der Waals surface area (Å²) in [6.45, 7) is 6.30. The van der Waals surface area contributed by atoms with E-state index in [0.717, 1.165) is 6.07 Å². The Morgan fingerprint density at radius 2 is 1.95 bits per heavy atom. The molecule has 1 rings (SSSR count). The molecular weight excluding hydrogens is 283 g/mol. The molecule has 0 heterocycles. The molecule has 0 saturated heterocycles. The van der Waals surface area contributed by atoms with E-state index in [1.54, 1.807) is 20.8 Å². The second-order valence-corrected chi connectivity index (χ2v) is 8.50. The van der Waals surface area contributed by atoms with E-state index in [1.807, 2.05) is 0 Å². The van der Waals surface area contributed by atoms with Gasteiger partial charge in [0.15, 0.2) is 9.84 Å². The van der Waals surface area contributed by atoms with Crippen LogP contribution in [0, 0.1) is 5.82 Å². The van der Waals surface area contributed by atoms with Gasteiger partial charge in [-0.05, 0) is 39.8 Å². The van der Waals surface area contributed by atoms with E-state index >= 15 is 0 Å². The average molecular weight is 304 g/mol. The quantitative estimate of drug-likeness (QED) is 0.907. The maximum absolute atomic E-state index is 13.2. The minimum absolute atomic E-state index is 0.0806. The number of halogens is 1. The third-order valence-corrected chi connectivity index (χ3v) is 5.54. The topological polar surface area (TPSA) is 63.6 Å². The predicted molar refractivity (Wildman–Crippen MR) is 76.1 cm³/mol. The smallest absolute Gasteiger partial charge is 0.158 e. The van der Waals surface area contributed by atoms with Gasteiger partial charge in [-0.2, -0.15) is 0 Å². The third kappa shape index (κ3) is 4.18. The highest BCUT2D eigenvalue weighted by atomic mass is 32.2. The Bertz CT molecular complexity index is 559. The number of hydrogen-bond donors (Lipinski definition) is 1. The van der Waals surface area contributed by atoms with Crippen molar-refractivity contribution in [3.05, 3.63) is 29.6 Å². The van der Waals surface area contributed by atoms with Crippen LogP contribution in [-0.4, -0.2) is 30.6 Å². The van der Waals surface area contributed by atoms with Crippen LogP contribution in [0.5, 0.6) is 5.75 Å². The lowest BCUT2D eigenvalue weighted by Gasteiger charge is -2.20. The largest absolute Gasteiger partial charge is 0.492 e. The highest BCUT2D eigenvalue weighted by Gasteiger charge is 2.28. The van der Waals surface area contributed by atoms with Crippen molar-refractivity contribution >= 4 is 9.84 Å². The van der Waals surface area contributed by atoms with Crippen LogP contribution >= 0.6 is 0 Å². The van der Waals surface area contributed by atoms with Crippen molar-refractivity contribution in [2.45, 2.75) is 38.5 Å². The van der Waals surface area contributed by atoms with Crippen molar-refractivity contribution < 1.29 is 22.7 Å². The molecule has 4 nitrogen and oxygen atoms in total. The molecule has 20 heavy (non-hydrogen) atoms. The maximum Gasteiger partial charge on any atom is 0.158 e. The lowest BCUT2D eigenvalue weighted by atomic mass is 10.1. The molecule has 0 bridgehead atoms. The zero-order valence-electron chi connectivity index (χ0n) is 12.2. The predicted octanol–water partition coefficient (Wildman–Crippen LogP) is 2.47. The molecule has 1 aromatic rings. The first-order valence-electron chi connectivity index (χ1n) is 6.37. The molecule has 0 aliphatic carbocycles. The Hall–Kier alpha value is -1.14. The van der Waals surface area contributed by atoms with E-state index in [-0.39, 0.29) is 18.1 Å². The molecule has 1 N–H and O–H groups in total. The Balaban J connectivity index is 2.79. The molecule has 0 aliphatic heterocycles. The number of rotatable bonds is 5. The standard InChI is InChI=1S/C14H21FO4S/c1-10(16)12-6-5-11(15)9-13(12)19-7-8-20(17,18)14(2,3)4/h5-6,9-10,16H,7-8H2,1-4H3/t10-/m1/s1. The van der Waals surface area contributed by atoms with Gasteiger partial charge in [0.2, 0.25) is 0 Å². The molecule has 1 aromatic carbocycles. The van der Waals surface area contributed by atoms with Gasteiger partial charge in [-0.15, -0.1) is 0 Å². The van der Waals surface area contributed by atoms with Gasteiger partial charge in [-0.1, -0.05) is 0 Å². The number of sulfone groups is 1. The SMILES string of the molecule is C[C@@H](O)c1ccc(F)cc1OCCS(=O)(=O)C(C)(C)C. The van der Waals surface area contributed by atoms with E-state index in [9.17, 15) is 17.9 Å². The summed E-state index contributed by atoms with van der Waals surface area (Å²) >= 11 is 0. The zero-order chi connectivity index (χ0) is 15.6. The number of aliphatic hydroxyl groups is 1. The first-order valence-corrected chi connectivity index (χ1v) is 8.02. The zero-order valence-corrected chi connectivity index (χ0v) is 13.0. The van der Waals surface area contributed by atoms with Crippen molar-refractivity contribution in [2.24, 2.45) is 0 Å². The molecule has 114 valence electrons. The summed E-state index contributed by atoms with van der Waals surface area (Å²) in [5.41, 5.74) is 0.430. The van der Waals surface area contributed by atoms with E-state index in [4.69, 9.17) is 4.74 Å². The van der Waals surface area contributed by atoms with Crippen molar-refractivity contribution in [3.63, 3.8) is 0 Å². The molecule has 0 aliphatic rings. The highest BCUT2D eigenvalue weighted by Crippen LogP contribution is 2.26. The maximum atomic E-state index is 13.2. The Morgan fingerprint density at radius 3 is 2.45 bits per heavy atom. The van der Waals surface area contributed by atoms with Gasteiger partial charge >= 0.3 is 0 Å². The normalized spacial score (nSPS) is 14.1. The van der Waals surface area contributed by atoms with E-state index in [2.05, 4.69) is 0 Å². The van der Waals surface area contributed by atoms with Crippen molar-refractivity contribution in [1.82, 2.24) is 0 Å². The summed E-state index contributed by atoms with van der Waals surface area (Å²) in [5.74, 6) is -0.487. The minimum Gasteiger partial charge on any atom is -0.492 e. The fourth-order valence-electron chi connectivity index (χ4n) is 1.55. The molecule has 0 spiro atoms. The van der Waals surface area contributed by atoms with Crippen molar-refractivity contribution in [3.8, 4) is 5.75 Å². The minimum atomic E-state index is -3.29. The Morgan fingerprint density at radius 1 is 1.35 bits per heavy atom. The van der Waals surface area contributed by atoms with Gasteiger partial charge in [0.05, 0.1) is 16.6 Å². The highest BCUT2D eigenvalue weighted by molar-refractivity contribution is 7.92. The van der Waals surface area contributed by atoms with Gasteiger partial charge in [0, 0.05) is 11.6 Å². The number of hydrogen-bond acceptors (Lipinski definition) is 4.